The number of likely N-dealkylation sites (N-methyl/N-ethyl adjacent to an activating group) is 1. The largest absolute Gasteiger partial charge is 0.298 e. The van der Waals surface area contributed by atoms with Gasteiger partial charge in [-0.05, 0) is 53.6 Å². The van der Waals surface area contributed by atoms with E-state index in [1.165, 1.54) is 32.1 Å². The molecule has 0 amide bonds. The molecular formula is C18H14N2S. The molecule has 0 saturated heterocycles. The lowest BCUT2D eigenvalue weighted by atomic mass is 9.96. The Morgan fingerprint density at radius 3 is 2.52 bits per heavy atom. The molecule has 0 atom stereocenters. The first-order valence-electron chi connectivity index (χ1n) is 6.98. The van der Waals surface area contributed by atoms with Crippen LogP contribution in [0.3, 0.4) is 0 Å². The lowest BCUT2D eigenvalue weighted by Gasteiger charge is -2.13. The summed E-state index contributed by atoms with van der Waals surface area (Å²) < 4.78 is 0. The van der Waals surface area contributed by atoms with Crippen molar-refractivity contribution in [2.24, 2.45) is 0 Å². The number of hydrogen-bond donors (Lipinski definition) is 0. The van der Waals surface area contributed by atoms with Crippen molar-refractivity contribution in [1.29, 1.82) is 5.26 Å². The van der Waals surface area contributed by atoms with E-state index in [-0.39, 0.29) is 0 Å². The van der Waals surface area contributed by atoms with Crippen molar-refractivity contribution in [3.63, 3.8) is 0 Å². The number of hydrogen-bond acceptors (Lipinski definition) is 3. The molecule has 2 nitrogen and oxygen atoms in total. The molecule has 0 N–H and O–H groups in total. The molecule has 2 heterocycles. The van der Waals surface area contributed by atoms with Crippen LogP contribution in [0.2, 0.25) is 0 Å². The Labute approximate surface area is 128 Å². The van der Waals surface area contributed by atoms with Crippen LogP contribution in [0.5, 0.6) is 0 Å². The fourth-order valence-corrected chi connectivity index (χ4v) is 4.24. The topological polar surface area (TPSA) is 27.0 Å². The maximum Gasteiger partial charge on any atom is 0.0991 e. The van der Waals surface area contributed by atoms with Gasteiger partial charge < -0.3 is 0 Å². The monoisotopic (exact) mass is 290 g/mol. The lowest BCUT2D eigenvalue weighted by molar-refractivity contribution is 0.442. The van der Waals surface area contributed by atoms with Crippen molar-refractivity contribution >= 4 is 22.9 Å². The van der Waals surface area contributed by atoms with Gasteiger partial charge in [0.25, 0.3) is 0 Å². The average molecular weight is 290 g/mol. The Bertz CT molecular complexity index is 814. The van der Waals surface area contributed by atoms with Gasteiger partial charge >= 0.3 is 0 Å². The van der Waals surface area contributed by atoms with Crippen LogP contribution >= 0.6 is 11.8 Å². The van der Waals surface area contributed by atoms with Gasteiger partial charge in [-0.3, -0.25) is 4.90 Å². The Kier molecular flexibility index (Phi) is 2.88. The van der Waals surface area contributed by atoms with Crippen LogP contribution in [0.15, 0.2) is 52.3 Å². The van der Waals surface area contributed by atoms with Crippen LogP contribution in [0.1, 0.15) is 16.7 Å². The number of nitriles is 1. The zero-order valence-electron chi connectivity index (χ0n) is 11.8. The van der Waals surface area contributed by atoms with Gasteiger partial charge in [0.2, 0.25) is 0 Å². The second-order valence-electron chi connectivity index (χ2n) is 5.55. The van der Waals surface area contributed by atoms with Crippen LogP contribution in [0.25, 0.3) is 11.1 Å². The molecule has 0 fully saturated rings. The highest BCUT2D eigenvalue weighted by molar-refractivity contribution is 7.99. The van der Waals surface area contributed by atoms with Crippen LogP contribution in [-0.2, 0) is 0 Å². The van der Waals surface area contributed by atoms with Crippen LogP contribution in [0.4, 0.5) is 0 Å². The van der Waals surface area contributed by atoms with Crippen molar-refractivity contribution in [3.8, 4) is 6.07 Å². The van der Waals surface area contributed by atoms with Crippen molar-refractivity contribution < 1.29 is 0 Å². The van der Waals surface area contributed by atoms with E-state index in [4.69, 9.17) is 0 Å². The zero-order chi connectivity index (χ0) is 14.4. The molecule has 0 radical (unpaired) electrons. The molecule has 0 aromatic heterocycles. The zero-order valence-corrected chi connectivity index (χ0v) is 12.6. The van der Waals surface area contributed by atoms with Gasteiger partial charge in [-0.15, -0.1) is 0 Å². The molecule has 3 heteroatoms. The molecule has 0 saturated carbocycles. The molecule has 0 bridgehead atoms. The summed E-state index contributed by atoms with van der Waals surface area (Å²) in [6.07, 6.45) is 0. The van der Waals surface area contributed by atoms with E-state index in [1.807, 2.05) is 23.9 Å². The highest BCUT2D eigenvalue weighted by atomic mass is 32.2. The first-order chi connectivity index (χ1) is 10.3. The van der Waals surface area contributed by atoms with E-state index in [9.17, 15) is 5.26 Å². The number of rotatable bonds is 0. The smallest absolute Gasteiger partial charge is 0.0991 e. The Morgan fingerprint density at radius 1 is 1.00 bits per heavy atom. The summed E-state index contributed by atoms with van der Waals surface area (Å²) in [5, 5.41) is 9.19. The molecule has 0 spiro atoms. The fourth-order valence-electron chi connectivity index (χ4n) is 3.13. The summed E-state index contributed by atoms with van der Waals surface area (Å²) in [4.78, 5) is 4.89. The molecule has 21 heavy (non-hydrogen) atoms. The van der Waals surface area contributed by atoms with E-state index in [2.05, 4.69) is 48.3 Å². The van der Waals surface area contributed by atoms with Crippen molar-refractivity contribution in [2.45, 2.75) is 9.79 Å². The molecule has 2 aliphatic rings. The second-order valence-corrected chi connectivity index (χ2v) is 6.63. The standard InChI is InChI=1S/C18H14N2S/c1-20-10-15-13-4-2-3-5-17(13)21-18-7-6-12(9-19)8-14(18)16(15)11-20/h2-8H,10-11H2,1H3. The Morgan fingerprint density at radius 2 is 1.71 bits per heavy atom. The van der Waals surface area contributed by atoms with Crippen molar-refractivity contribution in [3.05, 3.63) is 59.2 Å². The van der Waals surface area contributed by atoms with Gasteiger partial charge in [0, 0.05) is 22.9 Å². The first-order valence-corrected chi connectivity index (χ1v) is 7.80. The summed E-state index contributed by atoms with van der Waals surface area (Å²) in [7, 11) is 2.15. The number of nitrogens with zero attached hydrogens (tertiary/aromatic N) is 2. The first kappa shape index (κ1) is 12.7. The summed E-state index contributed by atoms with van der Waals surface area (Å²) in [5.41, 5.74) is 6.10. The van der Waals surface area contributed by atoms with Gasteiger partial charge in [-0.25, -0.2) is 0 Å². The van der Waals surface area contributed by atoms with Gasteiger partial charge in [0.1, 0.15) is 0 Å². The molecule has 2 aromatic rings. The van der Waals surface area contributed by atoms with Crippen molar-refractivity contribution in [2.75, 3.05) is 20.1 Å². The van der Waals surface area contributed by atoms with Gasteiger partial charge in [0.05, 0.1) is 11.6 Å². The third-order valence-electron chi connectivity index (χ3n) is 4.09. The highest BCUT2D eigenvalue weighted by Gasteiger charge is 2.27. The fraction of sp³-hybridized carbons (Fsp3) is 0.167. The second kappa shape index (κ2) is 4.77. The van der Waals surface area contributed by atoms with E-state index in [0.717, 1.165) is 18.7 Å². The Hall–Kier alpha value is -2.02. The molecule has 4 rings (SSSR count). The summed E-state index contributed by atoms with van der Waals surface area (Å²) >= 11 is 1.81. The minimum Gasteiger partial charge on any atom is -0.298 e. The van der Waals surface area contributed by atoms with Crippen LogP contribution in [0, 0.1) is 11.3 Å². The molecular weight excluding hydrogens is 276 g/mol. The van der Waals surface area contributed by atoms with Crippen LogP contribution in [-0.4, -0.2) is 25.0 Å². The maximum atomic E-state index is 9.19. The normalized spacial score (nSPS) is 16.8. The minimum absolute atomic E-state index is 0.738. The SMILES string of the molecule is CN1CC2=C(C1)c1cc(C#N)ccc1Sc1ccccc12. The molecule has 102 valence electrons. The van der Waals surface area contributed by atoms with Gasteiger partial charge in [0.15, 0.2) is 0 Å². The summed E-state index contributed by atoms with van der Waals surface area (Å²) in [5.74, 6) is 0. The van der Waals surface area contributed by atoms with Gasteiger partial charge in [-0.2, -0.15) is 5.26 Å². The highest BCUT2D eigenvalue weighted by Crippen LogP contribution is 2.46. The average Bonchev–Trinajstić information content (AvgIpc) is 2.84. The molecule has 0 aliphatic carbocycles. The van der Waals surface area contributed by atoms with E-state index >= 15 is 0 Å². The third kappa shape index (κ3) is 1.99. The summed E-state index contributed by atoms with van der Waals surface area (Å²) in [6.45, 7) is 1.93. The maximum absolute atomic E-state index is 9.19. The Balaban J connectivity index is 2.01. The van der Waals surface area contributed by atoms with E-state index in [1.54, 1.807) is 0 Å². The number of benzene rings is 2. The van der Waals surface area contributed by atoms with E-state index in [0.29, 0.717) is 0 Å². The molecule has 2 aromatic carbocycles. The predicted octanol–water partition coefficient (Wildman–Crippen LogP) is 3.88. The van der Waals surface area contributed by atoms with Crippen molar-refractivity contribution in [1.82, 2.24) is 4.90 Å². The van der Waals surface area contributed by atoms with Crippen LogP contribution < -0.4 is 0 Å². The molecule has 0 unspecified atom stereocenters. The van der Waals surface area contributed by atoms with E-state index < -0.39 is 0 Å². The third-order valence-corrected chi connectivity index (χ3v) is 5.24. The number of fused-ring (bicyclic) bond motifs is 4. The minimum atomic E-state index is 0.738. The van der Waals surface area contributed by atoms with Gasteiger partial charge in [-0.1, -0.05) is 30.0 Å². The predicted molar refractivity (Wildman–Crippen MR) is 86.0 cm³/mol. The summed E-state index contributed by atoms with van der Waals surface area (Å²) in [6, 6.07) is 16.9. The lowest BCUT2D eigenvalue weighted by Crippen LogP contribution is -2.14. The quantitative estimate of drug-likeness (QED) is 0.737. The molecule has 2 aliphatic heterocycles.